The van der Waals surface area contributed by atoms with Gasteiger partial charge in [-0.15, -0.1) is 0 Å². The van der Waals surface area contributed by atoms with Crippen LogP contribution in [0.1, 0.15) is 42.5 Å². The molecule has 1 aliphatic carbocycles. The lowest BCUT2D eigenvalue weighted by atomic mass is 10.1. The van der Waals surface area contributed by atoms with Crippen molar-refractivity contribution in [2.24, 2.45) is 5.73 Å². The molecule has 0 saturated heterocycles. The Balaban J connectivity index is 1.77. The van der Waals surface area contributed by atoms with E-state index in [1.807, 2.05) is 24.3 Å². The topological polar surface area (TPSA) is 64.9 Å². The number of halogens is 1. The van der Waals surface area contributed by atoms with Crippen molar-refractivity contribution in [1.29, 1.82) is 0 Å². The minimum atomic E-state index is 0.147. The average molecular weight is 278 g/mol. The third kappa shape index (κ3) is 2.65. The van der Waals surface area contributed by atoms with E-state index >= 15 is 0 Å². The second kappa shape index (κ2) is 5.31. The van der Waals surface area contributed by atoms with Crippen LogP contribution in [0.3, 0.4) is 0 Å². The summed E-state index contributed by atoms with van der Waals surface area (Å²) in [5, 5.41) is 4.76. The number of aromatic nitrogens is 2. The molecule has 2 atom stereocenters. The molecule has 1 heterocycles. The van der Waals surface area contributed by atoms with Crippen LogP contribution < -0.4 is 5.73 Å². The van der Waals surface area contributed by atoms with Crippen molar-refractivity contribution < 1.29 is 4.52 Å². The van der Waals surface area contributed by atoms with Crippen LogP contribution >= 0.6 is 11.6 Å². The molecule has 2 unspecified atom stereocenters. The highest BCUT2D eigenvalue weighted by molar-refractivity contribution is 6.31. The molecule has 3 rings (SSSR count). The summed E-state index contributed by atoms with van der Waals surface area (Å²) in [4.78, 5) is 4.46. The van der Waals surface area contributed by atoms with Gasteiger partial charge in [-0.2, -0.15) is 4.98 Å². The van der Waals surface area contributed by atoms with Crippen LogP contribution in [0.15, 0.2) is 28.8 Å². The summed E-state index contributed by atoms with van der Waals surface area (Å²) >= 11 is 6.13. The zero-order valence-corrected chi connectivity index (χ0v) is 11.3. The predicted molar refractivity (Wildman–Crippen MR) is 73.1 cm³/mol. The summed E-state index contributed by atoms with van der Waals surface area (Å²) in [5.41, 5.74) is 7.05. The molecule has 2 N–H and O–H groups in total. The van der Waals surface area contributed by atoms with E-state index in [1.165, 1.54) is 0 Å². The summed E-state index contributed by atoms with van der Waals surface area (Å²) in [6, 6.07) is 7.85. The number of nitrogens with two attached hydrogens (primary N) is 1. The van der Waals surface area contributed by atoms with Gasteiger partial charge in [0.15, 0.2) is 5.82 Å². The maximum Gasteiger partial charge on any atom is 0.231 e. The van der Waals surface area contributed by atoms with Crippen molar-refractivity contribution in [3.63, 3.8) is 0 Å². The maximum absolute atomic E-state index is 6.13. The minimum Gasteiger partial charge on any atom is -0.339 e. The highest BCUT2D eigenvalue weighted by atomic mass is 35.5. The number of hydrogen-bond donors (Lipinski definition) is 1. The lowest BCUT2D eigenvalue weighted by Gasteiger charge is -2.08. The second-order valence-corrected chi connectivity index (χ2v) is 5.43. The van der Waals surface area contributed by atoms with Gasteiger partial charge in [-0.05, 0) is 24.5 Å². The van der Waals surface area contributed by atoms with Gasteiger partial charge in [0.05, 0.1) is 5.92 Å². The van der Waals surface area contributed by atoms with Crippen LogP contribution in [-0.4, -0.2) is 16.2 Å². The summed E-state index contributed by atoms with van der Waals surface area (Å²) in [7, 11) is 0. The number of nitrogens with zero attached hydrogens (tertiary/aromatic N) is 2. The fourth-order valence-electron chi connectivity index (χ4n) is 2.60. The molecule has 1 aliphatic rings. The Morgan fingerprint density at radius 1 is 1.32 bits per heavy atom. The minimum absolute atomic E-state index is 0.147. The molecule has 0 aliphatic heterocycles. The highest BCUT2D eigenvalue weighted by Crippen LogP contribution is 2.32. The number of hydrogen-bond acceptors (Lipinski definition) is 4. The van der Waals surface area contributed by atoms with E-state index in [9.17, 15) is 0 Å². The van der Waals surface area contributed by atoms with Crippen LogP contribution in [0.2, 0.25) is 5.02 Å². The highest BCUT2D eigenvalue weighted by Gasteiger charge is 2.30. The normalized spacial score (nSPS) is 22.8. The molecular formula is C14H16ClN3O. The Bertz CT molecular complexity index is 569. The number of benzene rings is 1. The predicted octanol–water partition coefficient (Wildman–Crippen LogP) is 2.91. The first-order valence-electron chi connectivity index (χ1n) is 6.55. The molecule has 19 heavy (non-hydrogen) atoms. The lowest BCUT2D eigenvalue weighted by molar-refractivity contribution is 0.342. The Labute approximate surface area is 117 Å². The van der Waals surface area contributed by atoms with E-state index in [-0.39, 0.29) is 12.0 Å². The van der Waals surface area contributed by atoms with Crippen molar-refractivity contribution in [1.82, 2.24) is 10.1 Å². The summed E-state index contributed by atoms with van der Waals surface area (Å²) in [6.07, 6.45) is 3.79. The van der Waals surface area contributed by atoms with Gasteiger partial charge in [0.2, 0.25) is 5.89 Å². The van der Waals surface area contributed by atoms with E-state index < -0.39 is 0 Å². The van der Waals surface area contributed by atoms with E-state index in [4.69, 9.17) is 21.9 Å². The molecule has 2 aromatic rings. The molecule has 0 bridgehead atoms. The van der Waals surface area contributed by atoms with E-state index in [2.05, 4.69) is 10.1 Å². The van der Waals surface area contributed by atoms with Crippen molar-refractivity contribution in [2.75, 3.05) is 0 Å². The largest absolute Gasteiger partial charge is 0.339 e. The van der Waals surface area contributed by atoms with Crippen molar-refractivity contribution in [3.8, 4) is 0 Å². The first-order chi connectivity index (χ1) is 9.24. The van der Waals surface area contributed by atoms with Crippen LogP contribution in [-0.2, 0) is 6.42 Å². The molecular weight excluding hydrogens is 262 g/mol. The molecule has 1 aromatic heterocycles. The SMILES string of the molecule is NC1CCCC1c1nc(Cc2ccccc2Cl)no1. The monoisotopic (exact) mass is 277 g/mol. The van der Waals surface area contributed by atoms with Gasteiger partial charge in [-0.1, -0.05) is 41.4 Å². The van der Waals surface area contributed by atoms with Gasteiger partial charge in [-0.25, -0.2) is 0 Å². The molecule has 0 spiro atoms. The molecule has 0 radical (unpaired) electrons. The van der Waals surface area contributed by atoms with Crippen molar-refractivity contribution >= 4 is 11.6 Å². The first-order valence-corrected chi connectivity index (χ1v) is 6.93. The van der Waals surface area contributed by atoms with E-state index in [0.717, 1.165) is 29.8 Å². The third-order valence-electron chi connectivity index (χ3n) is 3.68. The number of rotatable bonds is 3. The molecule has 4 nitrogen and oxygen atoms in total. The standard InChI is InChI=1S/C14H16ClN3O/c15-11-6-2-1-4-9(11)8-13-17-14(19-18-13)10-5-3-7-12(10)16/h1-2,4,6,10,12H,3,5,7-8,16H2. The Morgan fingerprint density at radius 3 is 2.89 bits per heavy atom. The van der Waals surface area contributed by atoms with Crippen LogP contribution in [0.4, 0.5) is 0 Å². The van der Waals surface area contributed by atoms with Gasteiger partial charge in [0.1, 0.15) is 0 Å². The van der Waals surface area contributed by atoms with Gasteiger partial charge in [-0.3, -0.25) is 0 Å². The van der Waals surface area contributed by atoms with Gasteiger partial charge in [0, 0.05) is 17.5 Å². The molecule has 100 valence electrons. The molecule has 1 fully saturated rings. The molecule has 1 saturated carbocycles. The quantitative estimate of drug-likeness (QED) is 0.937. The van der Waals surface area contributed by atoms with Gasteiger partial charge < -0.3 is 10.3 Å². The Kier molecular flexibility index (Phi) is 3.53. The summed E-state index contributed by atoms with van der Waals surface area (Å²) in [5.74, 6) is 1.56. The van der Waals surface area contributed by atoms with E-state index in [0.29, 0.717) is 18.1 Å². The molecule has 0 amide bonds. The van der Waals surface area contributed by atoms with Gasteiger partial charge >= 0.3 is 0 Å². The lowest BCUT2D eigenvalue weighted by Crippen LogP contribution is -2.22. The van der Waals surface area contributed by atoms with Crippen molar-refractivity contribution in [2.45, 2.75) is 37.6 Å². The zero-order chi connectivity index (χ0) is 13.2. The second-order valence-electron chi connectivity index (χ2n) is 5.02. The average Bonchev–Trinajstić information content (AvgIpc) is 3.01. The fourth-order valence-corrected chi connectivity index (χ4v) is 2.80. The van der Waals surface area contributed by atoms with Gasteiger partial charge in [0.25, 0.3) is 0 Å². The van der Waals surface area contributed by atoms with Crippen LogP contribution in [0, 0.1) is 0 Å². The molecule has 1 aromatic carbocycles. The zero-order valence-electron chi connectivity index (χ0n) is 10.6. The van der Waals surface area contributed by atoms with Crippen LogP contribution in [0.5, 0.6) is 0 Å². The Morgan fingerprint density at radius 2 is 2.16 bits per heavy atom. The van der Waals surface area contributed by atoms with E-state index in [1.54, 1.807) is 0 Å². The summed E-state index contributed by atoms with van der Waals surface area (Å²) in [6.45, 7) is 0. The smallest absolute Gasteiger partial charge is 0.231 e. The fraction of sp³-hybridized carbons (Fsp3) is 0.429. The van der Waals surface area contributed by atoms with Crippen LogP contribution in [0.25, 0.3) is 0 Å². The first kappa shape index (κ1) is 12.6. The summed E-state index contributed by atoms with van der Waals surface area (Å²) < 4.78 is 5.35. The maximum atomic E-state index is 6.13. The van der Waals surface area contributed by atoms with Crippen molar-refractivity contribution in [3.05, 3.63) is 46.6 Å². The Hall–Kier alpha value is -1.39. The molecule has 5 heteroatoms. The third-order valence-corrected chi connectivity index (χ3v) is 4.05.